The zero-order chi connectivity index (χ0) is 20.5. The highest BCUT2D eigenvalue weighted by atomic mass is 35.5. The molecule has 6 nitrogen and oxygen atoms in total. The molecule has 0 atom stereocenters. The quantitative estimate of drug-likeness (QED) is 0.484. The van der Waals surface area contributed by atoms with Gasteiger partial charge in [-0.15, -0.1) is 23.7 Å². The Morgan fingerprint density at radius 2 is 1.94 bits per heavy atom. The van der Waals surface area contributed by atoms with E-state index >= 15 is 0 Å². The van der Waals surface area contributed by atoms with Crippen LogP contribution in [0.5, 0.6) is 0 Å². The van der Waals surface area contributed by atoms with Gasteiger partial charge in [-0.25, -0.2) is 4.39 Å². The second kappa shape index (κ2) is 9.21. The first-order chi connectivity index (χ1) is 14.7. The van der Waals surface area contributed by atoms with E-state index in [1.165, 1.54) is 11.8 Å². The van der Waals surface area contributed by atoms with Crippen LogP contribution in [0.25, 0.3) is 21.1 Å². The Morgan fingerprint density at radius 3 is 2.77 bits per heavy atom. The normalized spacial score (nSPS) is 14.7. The van der Waals surface area contributed by atoms with Crippen molar-refractivity contribution in [2.24, 2.45) is 0 Å². The molecule has 2 aromatic heterocycles. The van der Waals surface area contributed by atoms with Crippen molar-refractivity contribution < 1.29 is 13.7 Å². The van der Waals surface area contributed by atoms with Crippen LogP contribution in [-0.2, 0) is 0 Å². The Labute approximate surface area is 189 Å². The van der Waals surface area contributed by atoms with Gasteiger partial charge in [0.25, 0.3) is 5.91 Å². The zero-order valence-electron chi connectivity index (χ0n) is 16.7. The molecule has 3 heterocycles. The molecule has 1 fully saturated rings. The minimum absolute atomic E-state index is 0. The fourth-order valence-corrected chi connectivity index (χ4v) is 4.90. The van der Waals surface area contributed by atoms with Crippen LogP contribution < -0.4 is 10.2 Å². The lowest BCUT2D eigenvalue weighted by molar-refractivity contribution is 0.0940. The maximum Gasteiger partial charge on any atom is 0.274 e. The fourth-order valence-electron chi connectivity index (χ4n) is 3.91. The van der Waals surface area contributed by atoms with Crippen molar-refractivity contribution in [1.29, 1.82) is 0 Å². The molecular weight excluding hydrogens is 439 g/mol. The Hall–Kier alpha value is -2.68. The summed E-state index contributed by atoms with van der Waals surface area (Å²) in [7, 11) is 0. The van der Waals surface area contributed by atoms with Gasteiger partial charge < -0.3 is 14.7 Å². The summed E-state index contributed by atoms with van der Waals surface area (Å²) in [6, 6.07) is 12.3. The molecule has 0 unspecified atom stereocenters. The Bertz CT molecular complexity index is 1200. The molecule has 5 rings (SSSR count). The van der Waals surface area contributed by atoms with Crippen molar-refractivity contribution in [3.05, 3.63) is 59.4 Å². The van der Waals surface area contributed by atoms with Crippen LogP contribution in [0.2, 0.25) is 0 Å². The number of piperazine rings is 1. The van der Waals surface area contributed by atoms with Crippen molar-refractivity contribution in [3.8, 4) is 0 Å². The average Bonchev–Trinajstić information content (AvgIpc) is 3.38. The molecule has 0 bridgehead atoms. The Kier molecular flexibility index (Phi) is 6.41. The van der Waals surface area contributed by atoms with Crippen molar-refractivity contribution in [2.45, 2.75) is 0 Å². The molecule has 31 heavy (non-hydrogen) atoms. The zero-order valence-corrected chi connectivity index (χ0v) is 18.3. The molecule has 1 aliphatic rings. The van der Waals surface area contributed by atoms with E-state index in [1.54, 1.807) is 23.5 Å². The van der Waals surface area contributed by atoms with Crippen LogP contribution in [0.15, 0.2) is 52.4 Å². The summed E-state index contributed by atoms with van der Waals surface area (Å²) in [4.78, 5) is 17.1. The number of nitrogens with zero attached hydrogens (tertiary/aromatic N) is 3. The van der Waals surface area contributed by atoms with Crippen molar-refractivity contribution in [1.82, 2.24) is 15.4 Å². The van der Waals surface area contributed by atoms with Gasteiger partial charge in [-0.3, -0.25) is 9.69 Å². The molecule has 1 saturated heterocycles. The Balaban J connectivity index is 0.00000231. The molecule has 0 radical (unpaired) electrons. The van der Waals surface area contributed by atoms with E-state index in [1.807, 2.05) is 24.3 Å². The van der Waals surface area contributed by atoms with Gasteiger partial charge in [0.05, 0.1) is 11.1 Å². The molecule has 1 aliphatic heterocycles. The number of nitrogens with one attached hydrogen (secondary N) is 1. The first-order valence-corrected chi connectivity index (χ1v) is 10.8. The number of hydrogen-bond acceptors (Lipinski definition) is 6. The molecule has 0 spiro atoms. The molecule has 2 aromatic carbocycles. The SMILES string of the molecule is Cl.O=C(NCCN1CCN(c2csc3cc(F)ccc23)CC1)c1noc2ccccc12. The van der Waals surface area contributed by atoms with E-state index in [2.05, 4.69) is 25.7 Å². The number of carbonyl (C=O) groups is 1. The number of anilines is 1. The van der Waals surface area contributed by atoms with Gasteiger partial charge in [-0.2, -0.15) is 0 Å². The van der Waals surface area contributed by atoms with Crippen LogP contribution in [0, 0.1) is 5.82 Å². The predicted octanol–water partition coefficient (Wildman–Crippen LogP) is 4.16. The van der Waals surface area contributed by atoms with Gasteiger partial charge in [0, 0.05) is 54.7 Å². The van der Waals surface area contributed by atoms with E-state index in [0.717, 1.165) is 48.2 Å². The maximum atomic E-state index is 13.4. The molecule has 162 valence electrons. The lowest BCUT2D eigenvalue weighted by Crippen LogP contribution is -2.48. The number of hydrogen-bond donors (Lipinski definition) is 1. The summed E-state index contributed by atoms with van der Waals surface area (Å²) in [6.45, 7) is 4.99. The topological polar surface area (TPSA) is 61.6 Å². The minimum Gasteiger partial charge on any atom is -0.368 e. The first kappa shape index (κ1) is 21.5. The smallest absolute Gasteiger partial charge is 0.274 e. The number of halogens is 2. The summed E-state index contributed by atoms with van der Waals surface area (Å²) in [5.41, 5.74) is 2.12. The van der Waals surface area contributed by atoms with E-state index in [0.29, 0.717) is 17.8 Å². The number of para-hydroxylation sites is 1. The number of fused-ring (bicyclic) bond motifs is 2. The number of thiophene rings is 1. The highest BCUT2D eigenvalue weighted by molar-refractivity contribution is 7.17. The first-order valence-electron chi connectivity index (χ1n) is 9.96. The van der Waals surface area contributed by atoms with E-state index in [9.17, 15) is 9.18 Å². The summed E-state index contributed by atoms with van der Waals surface area (Å²) < 4.78 is 19.6. The molecule has 0 saturated carbocycles. The third-order valence-corrected chi connectivity index (χ3v) is 6.47. The minimum atomic E-state index is -0.212. The monoisotopic (exact) mass is 460 g/mol. The largest absolute Gasteiger partial charge is 0.368 e. The highest BCUT2D eigenvalue weighted by Crippen LogP contribution is 2.33. The van der Waals surface area contributed by atoms with E-state index in [-0.39, 0.29) is 24.1 Å². The van der Waals surface area contributed by atoms with E-state index in [4.69, 9.17) is 4.52 Å². The van der Waals surface area contributed by atoms with Crippen molar-refractivity contribution in [3.63, 3.8) is 0 Å². The molecule has 0 aliphatic carbocycles. The van der Waals surface area contributed by atoms with Crippen molar-refractivity contribution >= 4 is 56.4 Å². The summed E-state index contributed by atoms with van der Waals surface area (Å²) in [6.07, 6.45) is 0. The highest BCUT2D eigenvalue weighted by Gasteiger charge is 2.20. The number of amides is 1. The molecule has 1 N–H and O–H groups in total. The Morgan fingerprint density at radius 1 is 1.13 bits per heavy atom. The van der Waals surface area contributed by atoms with Crippen LogP contribution >= 0.6 is 23.7 Å². The standard InChI is InChI=1S/C22H21FN4O2S.ClH/c23-15-5-6-16-18(14-30-20(16)13-15)27-11-9-26(10-12-27)8-7-24-22(28)21-17-3-1-2-4-19(17)29-25-21;/h1-6,13-14H,7-12H2,(H,24,28);1H. The van der Waals surface area contributed by atoms with Gasteiger partial charge in [0.1, 0.15) is 5.82 Å². The summed E-state index contributed by atoms with van der Waals surface area (Å²) in [5, 5.41) is 10.8. The van der Waals surface area contributed by atoms with E-state index < -0.39 is 0 Å². The van der Waals surface area contributed by atoms with Crippen LogP contribution in [0.3, 0.4) is 0 Å². The summed E-state index contributed by atoms with van der Waals surface area (Å²) in [5.74, 6) is -0.406. The van der Waals surface area contributed by atoms with Crippen LogP contribution in [0.4, 0.5) is 10.1 Å². The predicted molar refractivity (Wildman–Crippen MR) is 124 cm³/mol. The van der Waals surface area contributed by atoms with Gasteiger partial charge in [-0.1, -0.05) is 17.3 Å². The average molecular weight is 461 g/mol. The van der Waals surface area contributed by atoms with Gasteiger partial charge in [0.2, 0.25) is 0 Å². The van der Waals surface area contributed by atoms with Crippen LogP contribution in [-0.4, -0.2) is 55.2 Å². The molecular formula is C22H22ClFN4O2S. The van der Waals surface area contributed by atoms with Crippen LogP contribution in [0.1, 0.15) is 10.5 Å². The number of aromatic nitrogens is 1. The lowest BCUT2D eigenvalue weighted by Gasteiger charge is -2.35. The molecule has 9 heteroatoms. The van der Waals surface area contributed by atoms with Gasteiger partial charge in [0.15, 0.2) is 11.3 Å². The number of rotatable bonds is 5. The number of carbonyl (C=O) groups excluding carboxylic acids is 1. The van der Waals surface area contributed by atoms with Crippen molar-refractivity contribution in [2.75, 3.05) is 44.2 Å². The molecule has 4 aromatic rings. The second-order valence-corrected chi connectivity index (χ2v) is 8.28. The lowest BCUT2D eigenvalue weighted by atomic mass is 10.2. The third-order valence-electron chi connectivity index (χ3n) is 5.54. The maximum absolute atomic E-state index is 13.4. The van der Waals surface area contributed by atoms with Gasteiger partial charge >= 0.3 is 0 Å². The van der Waals surface area contributed by atoms with Gasteiger partial charge in [-0.05, 0) is 30.3 Å². The fraction of sp³-hybridized carbons (Fsp3) is 0.273. The summed E-state index contributed by atoms with van der Waals surface area (Å²) >= 11 is 1.58. The second-order valence-electron chi connectivity index (χ2n) is 7.37. The molecule has 1 amide bonds. The third kappa shape index (κ3) is 4.37. The number of benzene rings is 2.